The van der Waals surface area contributed by atoms with E-state index in [0.717, 1.165) is 25.1 Å². The fraction of sp³-hybridized carbons (Fsp3) is 0.533. The van der Waals surface area contributed by atoms with Crippen molar-refractivity contribution in [3.8, 4) is 5.75 Å². The van der Waals surface area contributed by atoms with E-state index in [1.807, 2.05) is 18.2 Å². The van der Waals surface area contributed by atoms with Gasteiger partial charge in [0, 0.05) is 12.5 Å². The van der Waals surface area contributed by atoms with Gasteiger partial charge in [-0.1, -0.05) is 18.2 Å². The van der Waals surface area contributed by atoms with Crippen molar-refractivity contribution in [3.63, 3.8) is 0 Å². The van der Waals surface area contributed by atoms with Crippen LogP contribution in [-0.2, 0) is 6.42 Å². The van der Waals surface area contributed by atoms with Crippen molar-refractivity contribution >= 4 is 5.84 Å². The molecule has 0 spiro atoms. The predicted molar refractivity (Wildman–Crippen MR) is 79.9 cm³/mol. The number of nitrogens with zero attached hydrogens (tertiary/aromatic N) is 1. The molecule has 1 aromatic carbocycles. The van der Waals surface area contributed by atoms with Gasteiger partial charge in [-0.2, -0.15) is 0 Å². The average molecular weight is 263 g/mol. The fourth-order valence-electron chi connectivity index (χ4n) is 2.08. The van der Waals surface area contributed by atoms with Crippen LogP contribution in [0.15, 0.2) is 24.3 Å². The van der Waals surface area contributed by atoms with E-state index in [0.29, 0.717) is 12.5 Å². The van der Waals surface area contributed by atoms with Gasteiger partial charge in [0.2, 0.25) is 0 Å². The number of amidine groups is 1. The first-order chi connectivity index (χ1) is 9.04. The third kappa shape index (κ3) is 5.30. The van der Waals surface area contributed by atoms with Gasteiger partial charge in [0.1, 0.15) is 5.75 Å². The Morgan fingerprint density at radius 3 is 2.74 bits per heavy atom. The Kier molecular flexibility index (Phi) is 6.36. The number of benzene rings is 1. The van der Waals surface area contributed by atoms with E-state index < -0.39 is 0 Å². The van der Waals surface area contributed by atoms with Crippen molar-refractivity contribution in [1.82, 2.24) is 4.90 Å². The van der Waals surface area contributed by atoms with Crippen molar-refractivity contribution in [2.75, 3.05) is 20.7 Å². The van der Waals surface area contributed by atoms with E-state index in [1.54, 1.807) is 7.11 Å². The minimum Gasteiger partial charge on any atom is -0.496 e. The molecular formula is C15H25N3O. The molecular weight excluding hydrogens is 238 g/mol. The molecule has 0 aromatic heterocycles. The molecule has 0 aliphatic carbocycles. The van der Waals surface area contributed by atoms with Gasteiger partial charge in [0.15, 0.2) is 0 Å². The van der Waals surface area contributed by atoms with Crippen LogP contribution < -0.4 is 10.5 Å². The van der Waals surface area contributed by atoms with Gasteiger partial charge in [-0.15, -0.1) is 0 Å². The minimum absolute atomic E-state index is 0.269. The number of nitrogens with two attached hydrogens (primary N) is 1. The summed E-state index contributed by atoms with van der Waals surface area (Å²) in [4.78, 5) is 2.30. The normalized spacial score (nSPS) is 12.4. The summed E-state index contributed by atoms with van der Waals surface area (Å²) < 4.78 is 5.38. The number of ether oxygens (including phenoxy) is 1. The van der Waals surface area contributed by atoms with Crippen LogP contribution in [0, 0.1) is 5.41 Å². The molecule has 0 aliphatic heterocycles. The Morgan fingerprint density at radius 2 is 2.11 bits per heavy atom. The maximum Gasteiger partial charge on any atom is 0.122 e. The largest absolute Gasteiger partial charge is 0.496 e. The molecule has 0 saturated heterocycles. The summed E-state index contributed by atoms with van der Waals surface area (Å²) in [6.45, 7) is 3.16. The highest BCUT2D eigenvalue weighted by Gasteiger charge is 2.12. The summed E-state index contributed by atoms with van der Waals surface area (Å²) in [6, 6.07) is 8.57. The molecule has 0 fully saturated rings. The lowest BCUT2D eigenvalue weighted by Crippen LogP contribution is -2.32. The van der Waals surface area contributed by atoms with Crippen LogP contribution in [0.3, 0.4) is 0 Å². The third-order valence-electron chi connectivity index (χ3n) is 3.42. The molecule has 0 radical (unpaired) electrons. The van der Waals surface area contributed by atoms with Gasteiger partial charge in [-0.25, -0.2) is 0 Å². The van der Waals surface area contributed by atoms with E-state index in [4.69, 9.17) is 15.9 Å². The summed E-state index contributed by atoms with van der Waals surface area (Å²) in [5, 5.41) is 7.22. The highest BCUT2D eigenvalue weighted by Crippen LogP contribution is 2.20. The van der Waals surface area contributed by atoms with Gasteiger partial charge >= 0.3 is 0 Å². The zero-order valence-corrected chi connectivity index (χ0v) is 12.1. The minimum atomic E-state index is 0.269. The lowest BCUT2D eigenvalue weighted by Gasteiger charge is -2.25. The average Bonchev–Trinajstić information content (AvgIpc) is 2.38. The van der Waals surface area contributed by atoms with E-state index in [2.05, 4.69) is 24.9 Å². The maximum atomic E-state index is 7.22. The zero-order chi connectivity index (χ0) is 14.3. The van der Waals surface area contributed by atoms with Crippen LogP contribution in [0.25, 0.3) is 0 Å². The van der Waals surface area contributed by atoms with Crippen molar-refractivity contribution in [3.05, 3.63) is 29.8 Å². The molecule has 0 bridgehead atoms. The molecule has 1 aromatic rings. The van der Waals surface area contributed by atoms with Gasteiger partial charge < -0.3 is 15.4 Å². The third-order valence-corrected chi connectivity index (χ3v) is 3.42. The van der Waals surface area contributed by atoms with E-state index >= 15 is 0 Å². The molecule has 4 heteroatoms. The van der Waals surface area contributed by atoms with Crippen molar-refractivity contribution in [2.45, 2.75) is 32.2 Å². The number of nitrogens with one attached hydrogen (secondary N) is 1. The molecule has 0 saturated carbocycles. The molecule has 0 heterocycles. The van der Waals surface area contributed by atoms with Crippen LogP contribution in [0.2, 0.25) is 0 Å². The smallest absolute Gasteiger partial charge is 0.122 e. The van der Waals surface area contributed by atoms with E-state index in [1.165, 1.54) is 5.56 Å². The molecule has 0 amide bonds. The fourth-order valence-corrected chi connectivity index (χ4v) is 2.08. The molecule has 19 heavy (non-hydrogen) atoms. The molecule has 3 N–H and O–H groups in total. The second-order valence-corrected chi connectivity index (χ2v) is 4.97. The van der Waals surface area contributed by atoms with Crippen molar-refractivity contribution < 1.29 is 4.74 Å². The second-order valence-electron chi connectivity index (χ2n) is 4.97. The predicted octanol–water partition coefficient (Wildman–Crippen LogP) is 2.27. The number of hydrogen-bond donors (Lipinski definition) is 2. The zero-order valence-electron chi connectivity index (χ0n) is 12.1. The first-order valence-electron chi connectivity index (χ1n) is 6.69. The first-order valence-corrected chi connectivity index (χ1v) is 6.69. The molecule has 0 aliphatic rings. The molecule has 1 rings (SSSR count). The van der Waals surface area contributed by atoms with E-state index in [-0.39, 0.29) is 5.84 Å². The Bertz CT molecular complexity index is 406. The number of methoxy groups -OCH3 is 1. The summed E-state index contributed by atoms with van der Waals surface area (Å²) in [7, 11) is 3.82. The van der Waals surface area contributed by atoms with Gasteiger partial charge in [0.05, 0.1) is 12.9 Å². The Labute approximate surface area is 116 Å². The van der Waals surface area contributed by atoms with Crippen molar-refractivity contribution in [2.24, 2.45) is 5.73 Å². The number of likely N-dealkylation sites (N-methyl/N-ethyl adjacent to an activating group) is 1. The topological polar surface area (TPSA) is 62.3 Å². The molecule has 1 atom stereocenters. The monoisotopic (exact) mass is 263 g/mol. The number of hydrogen-bond acceptors (Lipinski definition) is 3. The van der Waals surface area contributed by atoms with Gasteiger partial charge in [-0.05, 0) is 45.0 Å². The Hall–Kier alpha value is -1.55. The number of rotatable bonds is 8. The SMILES string of the molecule is COc1ccccc1CC(C)N(C)CCCC(=N)N. The van der Waals surface area contributed by atoms with Gasteiger partial charge in [-0.3, -0.25) is 5.41 Å². The summed E-state index contributed by atoms with van der Waals surface area (Å²) in [6.07, 6.45) is 2.56. The molecule has 106 valence electrons. The van der Waals surface area contributed by atoms with Gasteiger partial charge in [0.25, 0.3) is 0 Å². The van der Waals surface area contributed by atoms with E-state index in [9.17, 15) is 0 Å². The highest BCUT2D eigenvalue weighted by molar-refractivity contribution is 5.76. The molecule has 1 unspecified atom stereocenters. The van der Waals surface area contributed by atoms with Crippen LogP contribution in [0.5, 0.6) is 5.75 Å². The Balaban J connectivity index is 2.49. The van der Waals surface area contributed by atoms with Crippen LogP contribution in [-0.4, -0.2) is 37.5 Å². The lowest BCUT2D eigenvalue weighted by atomic mass is 10.0. The van der Waals surface area contributed by atoms with Crippen LogP contribution in [0.4, 0.5) is 0 Å². The quantitative estimate of drug-likeness (QED) is 0.558. The maximum absolute atomic E-state index is 7.22. The second kappa shape index (κ2) is 7.79. The standard InChI is InChI=1S/C15H25N3O/c1-12(18(2)10-6-9-15(16)17)11-13-7-4-5-8-14(13)19-3/h4-5,7-8,12H,6,9-11H2,1-3H3,(H3,16,17). The highest BCUT2D eigenvalue weighted by atomic mass is 16.5. The molecule has 4 nitrogen and oxygen atoms in total. The summed E-state index contributed by atoms with van der Waals surface area (Å²) in [5.74, 6) is 1.22. The number of para-hydroxylation sites is 1. The summed E-state index contributed by atoms with van der Waals surface area (Å²) in [5.41, 5.74) is 6.60. The van der Waals surface area contributed by atoms with Crippen LogP contribution in [0.1, 0.15) is 25.3 Å². The summed E-state index contributed by atoms with van der Waals surface area (Å²) >= 11 is 0. The van der Waals surface area contributed by atoms with Crippen LogP contribution >= 0.6 is 0 Å². The first kappa shape index (κ1) is 15.5. The lowest BCUT2D eigenvalue weighted by molar-refractivity contribution is 0.253. The van der Waals surface area contributed by atoms with Crippen molar-refractivity contribution in [1.29, 1.82) is 5.41 Å². The Morgan fingerprint density at radius 1 is 1.42 bits per heavy atom.